The fourth-order valence-corrected chi connectivity index (χ4v) is 3.33. The molecule has 0 bridgehead atoms. The van der Waals surface area contributed by atoms with Gasteiger partial charge < -0.3 is 20.0 Å². The number of piperazine rings is 1. The molecule has 0 aliphatic carbocycles. The Labute approximate surface area is 138 Å². The van der Waals surface area contributed by atoms with Crippen LogP contribution in [0.25, 0.3) is 0 Å². The summed E-state index contributed by atoms with van der Waals surface area (Å²) in [7, 11) is 4.06. The van der Waals surface area contributed by atoms with Crippen LogP contribution in [0, 0.1) is 5.92 Å². The van der Waals surface area contributed by atoms with Crippen LogP contribution in [-0.2, 0) is 0 Å². The van der Waals surface area contributed by atoms with Gasteiger partial charge in [0.15, 0.2) is 5.96 Å². The second kappa shape index (κ2) is 7.59. The molecule has 1 atom stereocenters. The number of aromatic nitrogens is 2. The number of nitrogens with one attached hydrogen (secondary N) is 1. The SMILES string of the molecule is CN=C(NCC1CCN(C)C1)N1CCN(c2ncccn2)CC1. The molecule has 126 valence electrons. The maximum absolute atomic E-state index is 4.46. The molecular formula is C16H27N7. The molecule has 3 rings (SSSR count). The molecule has 0 amide bonds. The number of hydrogen-bond donors (Lipinski definition) is 1. The van der Waals surface area contributed by atoms with E-state index in [0.29, 0.717) is 0 Å². The third-order valence-electron chi connectivity index (χ3n) is 4.66. The highest BCUT2D eigenvalue weighted by Gasteiger charge is 2.23. The minimum Gasteiger partial charge on any atom is -0.356 e. The molecule has 23 heavy (non-hydrogen) atoms. The van der Waals surface area contributed by atoms with Gasteiger partial charge in [0, 0.05) is 58.7 Å². The molecule has 1 aromatic rings. The van der Waals surface area contributed by atoms with Crippen LogP contribution in [0.1, 0.15) is 6.42 Å². The zero-order chi connectivity index (χ0) is 16.1. The van der Waals surface area contributed by atoms with E-state index in [0.717, 1.165) is 50.5 Å². The number of anilines is 1. The van der Waals surface area contributed by atoms with Crippen molar-refractivity contribution in [2.75, 3.05) is 64.8 Å². The Morgan fingerprint density at radius 3 is 2.57 bits per heavy atom. The second-order valence-corrected chi connectivity index (χ2v) is 6.37. The first kappa shape index (κ1) is 16.0. The molecule has 7 nitrogen and oxygen atoms in total. The van der Waals surface area contributed by atoms with Crippen molar-refractivity contribution in [2.24, 2.45) is 10.9 Å². The number of aliphatic imine (C=N–C) groups is 1. The van der Waals surface area contributed by atoms with E-state index < -0.39 is 0 Å². The lowest BCUT2D eigenvalue weighted by atomic mass is 10.1. The van der Waals surface area contributed by atoms with Crippen LogP contribution in [-0.4, -0.2) is 85.6 Å². The summed E-state index contributed by atoms with van der Waals surface area (Å²) in [6.07, 6.45) is 4.88. The van der Waals surface area contributed by atoms with Crippen molar-refractivity contribution in [1.29, 1.82) is 0 Å². The Morgan fingerprint density at radius 2 is 1.96 bits per heavy atom. The van der Waals surface area contributed by atoms with E-state index in [1.807, 2.05) is 13.1 Å². The minimum absolute atomic E-state index is 0.732. The third-order valence-corrected chi connectivity index (χ3v) is 4.66. The number of nitrogens with zero attached hydrogens (tertiary/aromatic N) is 6. The van der Waals surface area contributed by atoms with Gasteiger partial charge in [0.1, 0.15) is 0 Å². The van der Waals surface area contributed by atoms with Crippen molar-refractivity contribution in [2.45, 2.75) is 6.42 Å². The molecule has 1 N–H and O–H groups in total. The lowest BCUT2D eigenvalue weighted by Crippen LogP contribution is -2.53. The van der Waals surface area contributed by atoms with Gasteiger partial charge in [0.25, 0.3) is 0 Å². The average molecular weight is 317 g/mol. The van der Waals surface area contributed by atoms with Gasteiger partial charge >= 0.3 is 0 Å². The molecule has 7 heteroatoms. The number of likely N-dealkylation sites (tertiary alicyclic amines) is 1. The first-order chi connectivity index (χ1) is 11.3. The maximum atomic E-state index is 4.46. The van der Waals surface area contributed by atoms with E-state index in [1.165, 1.54) is 19.5 Å². The van der Waals surface area contributed by atoms with Crippen molar-refractivity contribution in [1.82, 2.24) is 25.1 Å². The Balaban J connectivity index is 1.47. The van der Waals surface area contributed by atoms with Crippen LogP contribution in [0.5, 0.6) is 0 Å². The fraction of sp³-hybridized carbons (Fsp3) is 0.688. The predicted molar refractivity (Wildman–Crippen MR) is 92.8 cm³/mol. The van der Waals surface area contributed by atoms with Crippen molar-refractivity contribution in [3.8, 4) is 0 Å². The summed E-state index contributed by atoms with van der Waals surface area (Å²) < 4.78 is 0. The lowest BCUT2D eigenvalue weighted by Gasteiger charge is -2.36. The van der Waals surface area contributed by atoms with Crippen LogP contribution in [0.4, 0.5) is 5.95 Å². The Bertz CT molecular complexity index is 510. The largest absolute Gasteiger partial charge is 0.356 e. The Hall–Kier alpha value is -1.89. The first-order valence-electron chi connectivity index (χ1n) is 8.42. The van der Waals surface area contributed by atoms with Gasteiger partial charge in [-0.3, -0.25) is 4.99 Å². The molecule has 2 aliphatic rings. The highest BCUT2D eigenvalue weighted by atomic mass is 15.4. The number of rotatable bonds is 3. The Morgan fingerprint density at radius 1 is 1.22 bits per heavy atom. The van der Waals surface area contributed by atoms with Gasteiger partial charge in [-0.2, -0.15) is 0 Å². The summed E-state index contributed by atoms with van der Waals surface area (Å²) in [4.78, 5) is 20.1. The van der Waals surface area contributed by atoms with Crippen molar-refractivity contribution < 1.29 is 0 Å². The van der Waals surface area contributed by atoms with Crippen LogP contribution in [0.3, 0.4) is 0 Å². The van der Waals surface area contributed by atoms with E-state index in [4.69, 9.17) is 0 Å². The second-order valence-electron chi connectivity index (χ2n) is 6.37. The highest BCUT2D eigenvalue weighted by Crippen LogP contribution is 2.13. The monoisotopic (exact) mass is 317 g/mol. The first-order valence-corrected chi connectivity index (χ1v) is 8.42. The van der Waals surface area contributed by atoms with Crippen LogP contribution in [0.2, 0.25) is 0 Å². The highest BCUT2D eigenvalue weighted by molar-refractivity contribution is 5.80. The minimum atomic E-state index is 0.732. The molecular weight excluding hydrogens is 290 g/mol. The molecule has 0 radical (unpaired) electrons. The smallest absolute Gasteiger partial charge is 0.225 e. The summed E-state index contributed by atoms with van der Waals surface area (Å²) in [5.74, 6) is 2.58. The number of hydrogen-bond acceptors (Lipinski definition) is 5. The molecule has 1 unspecified atom stereocenters. The van der Waals surface area contributed by atoms with E-state index in [1.54, 1.807) is 12.4 Å². The summed E-state index contributed by atoms with van der Waals surface area (Å²) in [5.41, 5.74) is 0. The van der Waals surface area contributed by atoms with E-state index in [9.17, 15) is 0 Å². The van der Waals surface area contributed by atoms with Crippen molar-refractivity contribution in [3.05, 3.63) is 18.5 Å². The van der Waals surface area contributed by atoms with Crippen molar-refractivity contribution in [3.63, 3.8) is 0 Å². The fourth-order valence-electron chi connectivity index (χ4n) is 3.33. The summed E-state index contributed by atoms with van der Waals surface area (Å²) in [6.45, 7) is 7.15. The standard InChI is InChI=1S/C16H27N7/c1-17-15(20-12-14-4-7-21(2)13-14)22-8-10-23(11-9-22)16-18-5-3-6-19-16/h3,5-6,14H,4,7-13H2,1-2H3,(H,17,20). The van der Waals surface area contributed by atoms with Crippen LogP contribution >= 0.6 is 0 Å². The van der Waals surface area contributed by atoms with Gasteiger partial charge in [-0.15, -0.1) is 0 Å². The molecule has 0 spiro atoms. The average Bonchev–Trinajstić information content (AvgIpc) is 3.02. The number of guanidine groups is 1. The molecule has 2 saturated heterocycles. The summed E-state index contributed by atoms with van der Waals surface area (Å²) >= 11 is 0. The zero-order valence-corrected chi connectivity index (χ0v) is 14.1. The molecule has 3 heterocycles. The van der Waals surface area contributed by atoms with Crippen LogP contribution < -0.4 is 10.2 Å². The van der Waals surface area contributed by atoms with Gasteiger partial charge in [-0.25, -0.2) is 9.97 Å². The lowest BCUT2D eigenvalue weighted by molar-refractivity contribution is 0.361. The summed E-state index contributed by atoms with van der Waals surface area (Å²) in [6, 6.07) is 1.85. The topological polar surface area (TPSA) is 59.9 Å². The molecule has 2 fully saturated rings. The van der Waals surface area contributed by atoms with Crippen molar-refractivity contribution >= 4 is 11.9 Å². The third kappa shape index (κ3) is 4.10. The van der Waals surface area contributed by atoms with E-state index in [-0.39, 0.29) is 0 Å². The normalized spacial score (nSPS) is 23.4. The summed E-state index contributed by atoms with van der Waals surface area (Å²) in [5, 5.41) is 3.56. The van der Waals surface area contributed by atoms with Gasteiger partial charge in [0.2, 0.25) is 5.95 Å². The van der Waals surface area contributed by atoms with Gasteiger partial charge in [0.05, 0.1) is 0 Å². The van der Waals surface area contributed by atoms with Gasteiger partial charge in [-0.1, -0.05) is 0 Å². The van der Waals surface area contributed by atoms with E-state index in [2.05, 4.69) is 42.0 Å². The molecule has 2 aliphatic heterocycles. The van der Waals surface area contributed by atoms with E-state index >= 15 is 0 Å². The quantitative estimate of drug-likeness (QED) is 0.631. The zero-order valence-electron chi connectivity index (χ0n) is 14.1. The predicted octanol–water partition coefficient (Wildman–Crippen LogP) is 0.126. The maximum Gasteiger partial charge on any atom is 0.225 e. The molecule has 0 saturated carbocycles. The Kier molecular flexibility index (Phi) is 5.27. The molecule has 1 aromatic heterocycles. The van der Waals surface area contributed by atoms with Gasteiger partial charge in [-0.05, 0) is 32.0 Å². The van der Waals surface area contributed by atoms with Crippen LogP contribution in [0.15, 0.2) is 23.5 Å². The molecule has 0 aromatic carbocycles.